The maximum absolute atomic E-state index is 10.9. The SMILES string of the molecule is CCc1cc2c(NC(C)C(=O)O)nc(C)nc2s1. The molecule has 0 radical (unpaired) electrons. The molecule has 0 spiro atoms. The summed E-state index contributed by atoms with van der Waals surface area (Å²) < 4.78 is 0. The second-order valence-electron chi connectivity index (χ2n) is 4.11. The molecule has 1 unspecified atom stereocenters. The van der Waals surface area contributed by atoms with Gasteiger partial charge in [-0.3, -0.25) is 4.79 Å². The average Bonchev–Trinajstić information content (AvgIpc) is 2.71. The van der Waals surface area contributed by atoms with Gasteiger partial charge in [0.1, 0.15) is 22.5 Å². The molecule has 0 bridgehead atoms. The first-order chi connectivity index (χ1) is 8.51. The molecule has 0 saturated heterocycles. The predicted octanol–water partition coefficient (Wildman–Crippen LogP) is 2.45. The van der Waals surface area contributed by atoms with Crippen molar-refractivity contribution in [1.82, 2.24) is 9.97 Å². The Morgan fingerprint density at radius 1 is 1.56 bits per heavy atom. The molecule has 0 aromatic carbocycles. The highest BCUT2D eigenvalue weighted by molar-refractivity contribution is 7.18. The molecule has 0 saturated carbocycles. The lowest BCUT2D eigenvalue weighted by molar-refractivity contribution is -0.137. The third-order valence-electron chi connectivity index (χ3n) is 2.63. The van der Waals surface area contributed by atoms with E-state index in [1.165, 1.54) is 4.88 Å². The number of rotatable bonds is 4. The highest BCUT2D eigenvalue weighted by Gasteiger charge is 2.15. The number of nitrogens with one attached hydrogen (secondary N) is 1. The molecule has 5 nitrogen and oxygen atoms in total. The quantitative estimate of drug-likeness (QED) is 0.888. The van der Waals surface area contributed by atoms with Crippen LogP contribution in [0.15, 0.2) is 6.07 Å². The number of carboxylic acids is 1. The number of aryl methyl sites for hydroxylation is 2. The summed E-state index contributed by atoms with van der Waals surface area (Å²) in [5, 5.41) is 12.8. The van der Waals surface area contributed by atoms with Gasteiger partial charge in [0.2, 0.25) is 0 Å². The van der Waals surface area contributed by atoms with Crippen LogP contribution < -0.4 is 5.32 Å². The fraction of sp³-hybridized carbons (Fsp3) is 0.417. The molecule has 2 N–H and O–H groups in total. The molecule has 0 amide bonds. The summed E-state index contributed by atoms with van der Waals surface area (Å²) in [6, 6.07) is 1.35. The Labute approximate surface area is 109 Å². The third-order valence-corrected chi connectivity index (χ3v) is 3.80. The van der Waals surface area contributed by atoms with Crippen molar-refractivity contribution < 1.29 is 9.90 Å². The number of carbonyl (C=O) groups is 1. The summed E-state index contributed by atoms with van der Waals surface area (Å²) in [4.78, 5) is 21.7. The lowest BCUT2D eigenvalue weighted by Gasteiger charge is -2.10. The fourth-order valence-electron chi connectivity index (χ4n) is 1.63. The van der Waals surface area contributed by atoms with Gasteiger partial charge >= 0.3 is 5.97 Å². The van der Waals surface area contributed by atoms with Crippen LogP contribution in [0.4, 0.5) is 5.82 Å². The van der Waals surface area contributed by atoms with Crippen LogP contribution in [0.2, 0.25) is 0 Å². The first-order valence-electron chi connectivity index (χ1n) is 5.77. The molecule has 0 aliphatic carbocycles. The van der Waals surface area contributed by atoms with Crippen LogP contribution in [0.1, 0.15) is 24.5 Å². The van der Waals surface area contributed by atoms with Gasteiger partial charge in [0, 0.05) is 4.88 Å². The van der Waals surface area contributed by atoms with Crippen LogP contribution in [-0.2, 0) is 11.2 Å². The molecule has 2 rings (SSSR count). The van der Waals surface area contributed by atoms with E-state index in [2.05, 4.69) is 22.2 Å². The Kier molecular flexibility index (Phi) is 3.47. The standard InChI is InChI=1S/C12H15N3O2S/c1-4-8-5-9-10(13-6(2)12(16)17)14-7(3)15-11(9)18-8/h5-6H,4H2,1-3H3,(H,16,17)(H,13,14,15). The molecule has 2 heterocycles. The van der Waals surface area contributed by atoms with Gasteiger partial charge < -0.3 is 10.4 Å². The maximum atomic E-state index is 10.9. The van der Waals surface area contributed by atoms with Gasteiger partial charge in [0.05, 0.1) is 5.39 Å². The minimum absolute atomic E-state index is 0.600. The first-order valence-corrected chi connectivity index (χ1v) is 6.59. The van der Waals surface area contributed by atoms with Gasteiger partial charge in [-0.25, -0.2) is 9.97 Å². The van der Waals surface area contributed by atoms with Gasteiger partial charge in [-0.05, 0) is 26.3 Å². The van der Waals surface area contributed by atoms with Crippen molar-refractivity contribution in [2.24, 2.45) is 0 Å². The van der Waals surface area contributed by atoms with E-state index in [0.717, 1.165) is 16.6 Å². The van der Waals surface area contributed by atoms with Crippen molar-refractivity contribution in [1.29, 1.82) is 0 Å². The van der Waals surface area contributed by atoms with Gasteiger partial charge in [-0.15, -0.1) is 11.3 Å². The van der Waals surface area contributed by atoms with Gasteiger partial charge in [-0.1, -0.05) is 6.92 Å². The van der Waals surface area contributed by atoms with E-state index in [1.54, 1.807) is 25.2 Å². The number of hydrogen-bond donors (Lipinski definition) is 2. The molecule has 0 fully saturated rings. The molecule has 2 aromatic rings. The van der Waals surface area contributed by atoms with Crippen LogP contribution >= 0.6 is 11.3 Å². The molecule has 0 aliphatic heterocycles. The van der Waals surface area contributed by atoms with Crippen molar-refractivity contribution in [2.75, 3.05) is 5.32 Å². The zero-order chi connectivity index (χ0) is 13.3. The lowest BCUT2D eigenvalue weighted by Crippen LogP contribution is -2.26. The van der Waals surface area contributed by atoms with Crippen LogP contribution in [0.5, 0.6) is 0 Å². The van der Waals surface area contributed by atoms with E-state index >= 15 is 0 Å². The molecule has 0 aliphatic rings. The normalized spacial score (nSPS) is 12.6. The second-order valence-corrected chi connectivity index (χ2v) is 5.22. The highest BCUT2D eigenvalue weighted by Crippen LogP contribution is 2.29. The number of nitrogens with zero attached hydrogens (tertiary/aromatic N) is 2. The van der Waals surface area contributed by atoms with Gasteiger partial charge in [0.25, 0.3) is 0 Å². The minimum atomic E-state index is -0.898. The molecule has 2 aromatic heterocycles. The summed E-state index contributed by atoms with van der Waals surface area (Å²) in [5.74, 6) is 0.348. The average molecular weight is 265 g/mol. The van der Waals surface area contributed by atoms with Crippen molar-refractivity contribution in [3.63, 3.8) is 0 Å². The van der Waals surface area contributed by atoms with Crippen LogP contribution in [-0.4, -0.2) is 27.1 Å². The molecule has 18 heavy (non-hydrogen) atoms. The summed E-state index contributed by atoms with van der Waals surface area (Å²) in [6.07, 6.45) is 0.938. The van der Waals surface area contributed by atoms with E-state index in [9.17, 15) is 4.79 Å². The van der Waals surface area contributed by atoms with Crippen molar-refractivity contribution in [2.45, 2.75) is 33.2 Å². The number of thiophene rings is 1. The smallest absolute Gasteiger partial charge is 0.325 e. The van der Waals surface area contributed by atoms with Crippen LogP contribution in [0, 0.1) is 6.92 Å². The monoisotopic (exact) mass is 265 g/mol. The number of carboxylic acid groups (broad SMARTS) is 1. The molecular weight excluding hydrogens is 250 g/mol. The minimum Gasteiger partial charge on any atom is -0.480 e. The Bertz CT molecular complexity index is 594. The number of anilines is 1. The van der Waals surface area contributed by atoms with E-state index in [0.29, 0.717) is 11.6 Å². The Hall–Kier alpha value is -1.69. The molecule has 1 atom stereocenters. The van der Waals surface area contributed by atoms with E-state index in [1.807, 2.05) is 6.07 Å². The second kappa shape index (κ2) is 4.89. The van der Waals surface area contributed by atoms with Crippen molar-refractivity contribution in [3.05, 3.63) is 16.8 Å². The van der Waals surface area contributed by atoms with Crippen LogP contribution in [0.25, 0.3) is 10.2 Å². The fourth-order valence-corrected chi connectivity index (χ4v) is 2.64. The summed E-state index contributed by atoms with van der Waals surface area (Å²) in [6.45, 7) is 5.48. The number of aliphatic carboxylic acids is 1. The number of aromatic nitrogens is 2. The lowest BCUT2D eigenvalue weighted by atomic mass is 10.2. The van der Waals surface area contributed by atoms with Crippen molar-refractivity contribution in [3.8, 4) is 0 Å². The summed E-state index contributed by atoms with van der Waals surface area (Å²) in [7, 11) is 0. The zero-order valence-electron chi connectivity index (χ0n) is 10.5. The maximum Gasteiger partial charge on any atom is 0.325 e. The Balaban J connectivity index is 2.47. The number of fused-ring (bicyclic) bond motifs is 1. The van der Waals surface area contributed by atoms with E-state index in [-0.39, 0.29) is 0 Å². The first kappa shape index (κ1) is 12.8. The summed E-state index contributed by atoms with van der Waals surface area (Å²) >= 11 is 1.62. The van der Waals surface area contributed by atoms with Crippen LogP contribution in [0.3, 0.4) is 0 Å². The Morgan fingerprint density at radius 2 is 2.28 bits per heavy atom. The van der Waals surface area contributed by atoms with E-state index in [4.69, 9.17) is 5.11 Å². The molecule has 96 valence electrons. The largest absolute Gasteiger partial charge is 0.480 e. The van der Waals surface area contributed by atoms with Gasteiger partial charge in [0.15, 0.2) is 0 Å². The third kappa shape index (κ3) is 2.43. The number of hydrogen-bond acceptors (Lipinski definition) is 5. The molecule has 6 heteroatoms. The molecular formula is C12H15N3O2S. The van der Waals surface area contributed by atoms with E-state index < -0.39 is 12.0 Å². The van der Waals surface area contributed by atoms with Crippen molar-refractivity contribution >= 4 is 33.3 Å². The Morgan fingerprint density at radius 3 is 2.89 bits per heavy atom. The predicted molar refractivity (Wildman–Crippen MR) is 72.3 cm³/mol. The topological polar surface area (TPSA) is 75.1 Å². The zero-order valence-corrected chi connectivity index (χ0v) is 11.3. The highest BCUT2D eigenvalue weighted by atomic mass is 32.1. The van der Waals surface area contributed by atoms with Gasteiger partial charge in [-0.2, -0.15) is 0 Å². The summed E-state index contributed by atoms with van der Waals surface area (Å²) in [5.41, 5.74) is 0.